The lowest BCUT2D eigenvalue weighted by Gasteiger charge is -2.22. The average molecular weight is 437 g/mol. The summed E-state index contributed by atoms with van der Waals surface area (Å²) in [7, 11) is 0. The van der Waals surface area contributed by atoms with Gasteiger partial charge in [0.15, 0.2) is 0 Å². The predicted octanol–water partition coefficient (Wildman–Crippen LogP) is 5.23. The van der Waals surface area contributed by atoms with Gasteiger partial charge < -0.3 is 10.2 Å². The molecular formula is C24H21ClN2O2S. The van der Waals surface area contributed by atoms with Crippen LogP contribution in [0.25, 0.3) is 0 Å². The van der Waals surface area contributed by atoms with E-state index in [4.69, 9.17) is 11.6 Å². The van der Waals surface area contributed by atoms with Crippen molar-refractivity contribution in [3.05, 3.63) is 95.0 Å². The molecule has 6 heteroatoms. The Morgan fingerprint density at radius 2 is 1.70 bits per heavy atom. The van der Waals surface area contributed by atoms with Crippen molar-refractivity contribution in [1.29, 1.82) is 0 Å². The number of nitrogens with one attached hydrogen (secondary N) is 1. The van der Waals surface area contributed by atoms with Crippen molar-refractivity contribution in [3.8, 4) is 0 Å². The fourth-order valence-corrected chi connectivity index (χ4v) is 4.92. The summed E-state index contributed by atoms with van der Waals surface area (Å²) in [6.45, 7) is 0.298. The summed E-state index contributed by atoms with van der Waals surface area (Å²) in [6.07, 6.45) is 0.334. The first kappa shape index (κ1) is 20.5. The van der Waals surface area contributed by atoms with Gasteiger partial charge in [0.2, 0.25) is 11.8 Å². The molecule has 1 atom stereocenters. The quantitative estimate of drug-likeness (QED) is 0.596. The Bertz CT molecular complexity index is 1060. The molecule has 3 aromatic rings. The van der Waals surface area contributed by atoms with Gasteiger partial charge in [-0.2, -0.15) is 0 Å². The van der Waals surface area contributed by atoms with Gasteiger partial charge in [-0.25, -0.2) is 0 Å². The summed E-state index contributed by atoms with van der Waals surface area (Å²) < 4.78 is 0. The Balaban J connectivity index is 1.52. The molecule has 0 saturated carbocycles. The van der Waals surface area contributed by atoms with Gasteiger partial charge in [-0.05, 0) is 29.3 Å². The van der Waals surface area contributed by atoms with E-state index < -0.39 is 0 Å². The highest BCUT2D eigenvalue weighted by atomic mass is 35.5. The molecule has 0 spiro atoms. The standard InChI is InChI=1S/C24H21ClN2O2S/c25-19-11-5-4-10-18(19)15-26-23(28)16-27-20-12-6-7-13-21(20)30-22(14-24(27)29)17-8-2-1-3-9-17/h1-13,22H,14-16H2,(H,26,28)/t22-/m1/s1. The van der Waals surface area contributed by atoms with Crippen LogP contribution in [0.2, 0.25) is 5.02 Å². The minimum Gasteiger partial charge on any atom is -0.350 e. The van der Waals surface area contributed by atoms with Gasteiger partial charge in [0.05, 0.1) is 5.69 Å². The number of anilines is 1. The number of amides is 2. The van der Waals surface area contributed by atoms with E-state index >= 15 is 0 Å². The second kappa shape index (κ2) is 9.37. The highest BCUT2D eigenvalue weighted by molar-refractivity contribution is 7.99. The number of benzene rings is 3. The van der Waals surface area contributed by atoms with Crippen LogP contribution in [0.15, 0.2) is 83.8 Å². The van der Waals surface area contributed by atoms with Crippen molar-refractivity contribution in [2.24, 2.45) is 0 Å². The smallest absolute Gasteiger partial charge is 0.240 e. The average Bonchev–Trinajstić information content (AvgIpc) is 2.90. The van der Waals surface area contributed by atoms with Crippen molar-refractivity contribution in [2.75, 3.05) is 11.4 Å². The summed E-state index contributed by atoms with van der Waals surface area (Å²) in [4.78, 5) is 28.4. The van der Waals surface area contributed by atoms with E-state index in [0.29, 0.717) is 18.0 Å². The number of halogens is 1. The van der Waals surface area contributed by atoms with Crippen LogP contribution in [0, 0.1) is 0 Å². The fourth-order valence-electron chi connectivity index (χ4n) is 3.44. The number of para-hydroxylation sites is 1. The van der Waals surface area contributed by atoms with Gasteiger partial charge in [0, 0.05) is 28.1 Å². The predicted molar refractivity (Wildman–Crippen MR) is 122 cm³/mol. The summed E-state index contributed by atoms with van der Waals surface area (Å²) in [6, 6.07) is 25.2. The third kappa shape index (κ3) is 4.69. The fraction of sp³-hybridized carbons (Fsp3) is 0.167. The topological polar surface area (TPSA) is 49.4 Å². The molecule has 0 unspecified atom stereocenters. The molecule has 0 bridgehead atoms. The van der Waals surface area contributed by atoms with Crippen LogP contribution >= 0.6 is 23.4 Å². The molecule has 2 amide bonds. The third-order valence-electron chi connectivity index (χ3n) is 4.99. The Labute approximate surface area is 185 Å². The van der Waals surface area contributed by atoms with Crippen LogP contribution < -0.4 is 10.2 Å². The Kier molecular flexibility index (Phi) is 6.41. The van der Waals surface area contributed by atoms with Crippen LogP contribution in [0.1, 0.15) is 22.8 Å². The molecule has 4 nitrogen and oxygen atoms in total. The highest BCUT2D eigenvalue weighted by Crippen LogP contribution is 2.45. The Morgan fingerprint density at radius 3 is 2.50 bits per heavy atom. The first-order valence-corrected chi connectivity index (χ1v) is 11.0. The second-order valence-corrected chi connectivity index (χ2v) is 8.69. The zero-order valence-electron chi connectivity index (χ0n) is 16.3. The number of thioether (sulfide) groups is 1. The van der Waals surface area contributed by atoms with Gasteiger partial charge in [0.1, 0.15) is 6.54 Å². The molecular weight excluding hydrogens is 416 g/mol. The van der Waals surface area contributed by atoms with Gasteiger partial charge in [-0.3, -0.25) is 9.59 Å². The molecule has 0 fully saturated rings. The zero-order chi connectivity index (χ0) is 20.9. The summed E-state index contributed by atoms with van der Waals surface area (Å²) in [5.41, 5.74) is 2.73. The van der Waals surface area contributed by atoms with Crippen LogP contribution in [-0.4, -0.2) is 18.4 Å². The Morgan fingerprint density at radius 1 is 1.00 bits per heavy atom. The van der Waals surface area contributed by atoms with Crippen LogP contribution in [0.3, 0.4) is 0 Å². The van der Waals surface area contributed by atoms with E-state index in [1.165, 1.54) is 0 Å². The van der Waals surface area contributed by atoms with Gasteiger partial charge in [0.25, 0.3) is 0 Å². The second-order valence-electron chi connectivity index (χ2n) is 7.04. The lowest BCUT2D eigenvalue weighted by Crippen LogP contribution is -2.40. The van der Waals surface area contributed by atoms with E-state index in [-0.39, 0.29) is 23.6 Å². The van der Waals surface area contributed by atoms with E-state index in [1.807, 2.05) is 72.8 Å². The maximum Gasteiger partial charge on any atom is 0.240 e. The molecule has 0 saturated heterocycles. The Hall–Kier alpha value is -2.76. The molecule has 1 heterocycles. The van der Waals surface area contributed by atoms with Crippen molar-refractivity contribution in [3.63, 3.8) is 0 Å². The van der Waals surface area contributed by atoms with Gasteiger partial charge in [-0.1, -0.05) is 72.3 Å². The van der Waals surface area contributed by atoms with Crippen LogP contribution in [0.4, 0.5) is 5.69 Å². The molecule has 4 rings (SSSR count). The minimum atomic E-state index is -0.221. The van der Waals surface area contributed by atoms with Crippen molar-refractivity contribution < 1.29 is 9.59 Å². The third-order valence-corrected chi connectivity index (χ3v) is 6.68. The number of hydrogen-bond donors (Lipinski definition) is 1. The zero-order valence-corrected chi connectivity index (χ0v) is 17.8. The van der Waals surface area contributed by atoms with E-state index in [1.54, 1.807) is 22.7 Å². The monoisotopic (exact) mass is 436 g/mol. The molecule has 0 radical (unpaired) electrons. The SMILES string of the molecule is O=C(CN1C(=O)C[C@H](c2ccccc2)Sc2ccccc21)NCc1ccccc1Cl. The lowest BCUT2D eigenvalue weighted by molar-refractivity contribution is -0.124. The van der Waals surface area contributed by atoms with Gasteiger partial charge >= 0.3 is 0 Å². The van der Waals surface area contributed by atoms with E-state index in [9.17, 15) is 9.59 Å². The number of hydrogen-bond acceptors (Lipinski definition) is 3. The maximum atomic E-state index is 13.1. The maximum absolute atomic E-state index is 13.1. The van der Waals surface area contributed by atoms with Crippen molar-refractivity contribution >= 4 is 40.9 Å². The number of carbonyl (C=O) groups excluding carboxylic acids is 2. The minimum absolute atomic E-state index is 0.0102. The molecule has 1 aliphatic heterocycles. The van der Waals surface area contributed by atoms with Crippen molar-refractivity contribution in [1.82, 2.24) is 5.32 Å². The highest BCUT2D eigenvalue weighted by Gasteiger charge is 2.30. The van der Waals surface area contributed by atoms with Gasteiger partial charge in [-0.15, -0.1) is 11.8 Å². The first-order chi connectivity index (χ1) is 14.6. The summed E-state index contributed by atoms with van der Waals surface area (Å²) >= 11 is 7.83. The van der Waals surface area contributed by atoms with Crippen LogP contribution in [-0.2, 0) is 16.1 Å². The first-order valence-electron chi connectivity index (χ1n) is 9.73. The summed E-state index contributed by atoms with van der Waals surface area (Å²) in [5, 5.41) is 3.50. The number of rotatable bonds is 5. The number of nitrogens with zero attached hydrogens (tertiary/aromatic N) is 1. The molecule has 1 aliphatic rings. The molecule has 152 valence electrons. The molecule has 0 aliphatic carbocycles. The normalized spacial score (nSPS) is 16.0. The number of carbonyl (C=O) groups is 2. The largest absolute Gasteiger partial charge is 0.350 e. The summed E-state index contributed by atoms with van der Waals surface area (Å²) in [5.74, 6) is -0.282. The molecule has 1 N–H and O–H groups in total. The lowest BCUT2D eigenvalue weighted by atomic mass is 10.1. The molecule has 30 heavy (non-hydrogen) atoms. The molecule has 3 aromatic carbocycles. The van der Waals surface area contributed by atoms with E-state index in [2.05, 4.69) is 5.32 Å². The number of fused-ring (bicyclic) bond motifs is 1. The molecule has 0 aromatic heterocycles. The van der Waals surface area contributed by atoms with Crippen LogP contribution in [0.5, 0.6) is 0 Å². The van der Waals surface area contributed by atoms with Crippen molar-refractivity contribution in [2.45, 2.75) is 23.1 Å². The van der Waals surface area contributed by atoms with E-state index in [0.717, 1.165) is 21.7 Å².